The minimum atomic E-state index is -3.72. The molecule has 3 aromatic heterocycles. The SMILES string of the molecule is Cc1cc(C(F)(F)CF)nc(-c2ccnc3cc(CN4C(=O)C5C(C4=O)C5(C)C)sc23)c1CC1CNCCO1.Cl.Cl. The third-order valence-electron chi connectivity index (χ3n) is 8.25. The number of amides is 2. The topological polar surface area (TPSA) is 84.4 Å². The number of hydrogen-bond donors (Lipinski definition) is 1. The number of aromatic nitrogens is 2. The Morgan fingerprint density at radius 1 is 1.20 bits per heavy atom. The average molecular weight is 632 g/mol. The molecule has 1 N–H and O–H groups in total. The van der Waals surface area contributed by atoms with Gasteiger partial charge in [-0.25, -0.2) is 9.37 Å². The van der Waals surface area contributed by atoms with E-state index < -0.39 is 18.3 Å². The maximum Gasteiger partial charge on any atom is 0.317 e. The number of carbonyl (C=O) groups is 2. The van der Waals surface area contributed by atoms with Gasteiger partial charge in [-0.15, -0.1) is 36.2 Å². The van der Waals surface area contributed by atoms with Gasteiger partial charge in [-0.3, -0.25) is 19.5 Å². The molecule has 3 unspecified atom stereocenters. The van der Waals surface area contributed by atoms with Gasteiger partial charge in [0.25, 0.3) is 0 Å². The van der Waals surface area contributed by atoms with Crippen LogP contribution in [-0.2, 0) is 33.2 Å². The molecule has 2 saturated heterocycles. The molecule has 3 atom stereocenters. The van der Waals surface area contributed by atoms with E-state index in [1.54, 1.807) is 19.2 Å². The van der Waals surface area contributed by atoms with Crippen LogP contribution in [0.5, 0.6) is 0 Å². The van der Waals surface area contributed by atoms with Crippen LogP contribution in [0.4, 0.5) is 13.2 Å². The van der Waals surface area contributed by atoms with Crippen molar-refractivity contribution in [3.63, 3.8) is 0 Å². The lowest BCUT2D eigenvalue weighted by molar-refractivity contribution is -0.143. The summed E-state index contributed by atoms with van der Waals surface area (Å²) in [6.07, 6.45) is 1.86. The fraction of sp³-hybridized carbons (Fsp3) is 0.500. The highest BCUT2D eigenvalue weighted by Crippen LogP contribution is 2.63. The van der Waals surface area contributed by atoms with Crippen molar-refractivity contribution >= 4 is 58.2 Å². The standard InChI is InChI=1S/C28H29F3N4O3S.2ClH/c1-14-8-20(28(30,31)13-29)34-23(18(14)9-15-11-32-6-7-38-15)17-4-5-33-19-10-16(39-24(17)19)12-35-25(36)21-22(26(35)37)27(21,2)3;;/h4-5,8,10,15,21-22,32H,6-7,9,11-13H2,1-3H3;2*1H. The Morgan fingerprint density at radius 2 is 1.90 bits per heavy atom. The predicted molar refractivity (Wildman–Crippen MR) is 155 cm³/mol. The molecule has 0 bridgehead atoms. The number of fused-ring (bicyclic) bond motifs is 2. The number of alkyl halides is 3. The molecule has 0 radical (unpaired) electrons. The summed E-state index contributed by atoms with van der Waals surface area (Å²) in [6.45, 7) is 5.80. The zero-order valence-electron chi connectivity index (χ0n) is 22.7. The summed E-state index contributed by atoms with van der Waals surface area (Å²) in [5, 5.41) is 3.28. The van der Waals surface area contributed by atoms with E-state index in [0.717, 1.165) is 17.0 Å². The summed E-state index contributed by atoms with van der Waals surface area (Å²) in [5.74, 6) is -4.55. The van der Waals surface area contributed by atoms with Crippen molar-refractivity contribution in [3.8, 4) is 11.3 Å². The van der Waals surface area contributed by atoms with E-state index in [0.29, 0.717) is 46.6 Å². The van der Waals surface area contributed by atoms with Crippen molar-refractivity contribution in [1.82, 2.24) is 20.2 Å². The zero-order valence-corrected chi connectivity index (χ0v) is 25.2. The van der Waals surface area contributed by atoms with Crippen LogP contribution in [0.2, 0.25) is 0 Å². The van der Waals surface area contributed by atoms with E-state index in [9.17, 15) is 22.8 Å². The number of piperidine rings is 1. The summed E-state index contributed by atoms with van der Waals surface area (Å²) in [5.41, 5.74) is 1.96. The average Bonchev–Trinajstić information content (AvgIpc) is 3.15. The number of thiophene rings is 1. The minimum Gasteiger partial charge on any atom is -0.375 e. The Bertz CT molecular complexity index is 1470. The molecule has 0 aromatic carbocycles. The molecular formula is C28H31Cl2F3N4O3S. The Balaban J connectivity index is 0.00000194. The highest BCUT2D eigenvalue weighted by atomic mass is 35.5. The number of imide groups is 1. The van der Waals surface area contributed by atoms with Gasteiger partial charge in [0.2, 0.25) is 11.8 Å². The quantitative estimate of drug-likeness (QED) is 0.359. The van der Waals surface area contributed by atoms with E-state index in [1.807, 2.05) is 19.9 Å². The highest BCUT2D eigenvalue weighted by molar-refractivity contribution is 7.19. The molecule has 222 valence electrons. The number of hydrogen-bond acceptors (Lipinski definition) is 7. The van der Waals surface area contributed by atoms with Gasteiger partial charge in [0.1, 0.15) is 5.69 Å². The molecular weight excluding hydrogens is 600 g/mol. The molecule has 7 nitrogen and oxygen atoms in total. The normalized spacial score (nSPS) is 23.3. The van der Waals surface area contributed by atoms with Gasteiger partial charge in [-0.2, -0.15) is 8.78 Å². The number of aryl methyl sites for hydroxylation is 1. The van der Waals surface area contributed by atoms with Crippen molar-refractivity contribution in [2.75, 3.05) is 26.4 Å². The molecule has 2 aliphatic heterocycles. The van der Waals surface area contributed by atoms with E-state index >= 15 is 0 Å². The zero-order chi connectivity index (χ0) is 27.7. The number of likely N-dealkylation sites (tertiary alicyclic amines) is 1. The first kappa shape index (κ1) is 31.6. The molecule has 0 spiro atoms. The second-order valence-electron chi connectivity index (χ2n) is 11.2. The van der Waals surface area contributed by atoms with Crippen LogP contribution in [0.15, 0.2) is 24.4 Å². The van der Waals surface area contributed by atoms with Gasteiger partial charge in [-0.1, -0.05) is 13.8 Å². The Hall–Kier alpha value is -2.31. The van der Waals surface area contributed by atoms with Crippen LogP contribution in [0, 0.1) is 24.2 Å². The van der Waals surface area contributed by atoms with Crippen LogP contribution >= 0.6 is 36.2 Å². The Morgan fingerprint density at radius 3 is 2.54 bits per heavy atom. The first-order valence-corrected chi connectivity index (χ1v) is 13.8. The van der Waals surface area contributed by atoms with Gasteiger partial charge in [0.05, 0.1) is 47.0 Å². The summed E-state index contributed by atoms with van der Waals surface area (Å²) in [4.78, 5) is 36.6. The molecule has 1 saturated carbocycles. The molecule has 1 aliphatic carbocycles. The van der Waals surface area contributed by atoms with Crippen LogP contribution in [0.1, 0.15) is 35.5 Å². The van der Waals surface area contributed by atoms with Gasteiger partial charge >= 0.3 is 5.92 Å². The number of morpholine rings is 1. The lowest BCUT2D eigenvalue weighted by atomic mass is 9.95. The van der Waals surface area contributed by atoms with Gasteiger partial charge in [0.15, 0.2) is 6.67 Å². The predicted octanol–water partition coefficient (Wildman–Crippen LogP) is 5.24. The lowest BCUT2D eigenvalue weighted by Gasteiger charge is -2.26. The number of ether oxygens (including phenoxy) is 1. The maximum atomic E-state index is 14.5. The number of pyridine rings is 2. The number of nitrogens with one attached hydrogen (secondary N) is 1. The third kappa shape index (κ3) is 5.35. The highest BCUT2D eigenvalue weighted by Gasteiger charge is 2.72. The molecule has 3 fully saturated rings. The smallest absolute Gasteiger partial charge is 0.317 e. The van der Waals surface area contributed by atoms with E-state index in [-0.39, 0.29) is 66.5 Å². The Labute approximate surface area is 252 Å². The Kier molecular flexibility index (Phi) is 8.80. The maximum absolute atomic E-state index is 14.5. The van der Waals surface area contributed by atoms with Gasteiger partial charge in [0, 0.05) is 36.1 Å². The molecule has 6 rings (SSSR count). The summed E-state index contributed by atoms with van der Waals surface area (Å²) < 4.78 is 48.9. The van der Waals surface area contributed by atoms with Crippen LogP contribution < -0.4 is 5.32 Å². The van der Waals surface area contributed by atoms with Crippen LogP contribution in [-0.4, -0.2) is 59.2 Å². The first-order valence-electron chi connectivity index (χ1n) is 13.0. The second-order valence-corrected chi connectivity index (χ2v) is 12.4. The van der Waals surface area contributed by atoms with E-state index in [4.69, 9.17) is 4.74 Å². The molecule has 5 heterocycles. The molecule has 41 heavy (non-hydrogen) atoms. The summed E-state index contributed by atoms with van der Waals surface area (Å²) in [6, 6.07) is 4.79. The van der Waals surface area contributed by atoms with Gasteiger partial charge < -0.3 is 10.1 Å². The number of halogens is 5. The van der Waals surface area contributed by atoms with Crippen molar-refractivity contribution in [2.45, 2.75) is 45.8 Å². The molecule has 3 aliphatic rings. The van der Waals surface area contributed by atoms with Crippen molar-refractivity contribution in [2.24, 2.45) is 17.3 Å². The van der Waals surface area contributed by atoms with E-state index in [2.05, 4.69) is 15.3 Å². The van der Waals surface area contributed by atoms with Crippen molar-refractivity contribution in [1.29, 1.82) is 0 Å². The van der Waals surface area contributed by atoms with Gasteiger partial charge in [-0.05, 0) is 41.7 Å². The fourth-order valence-corrected chi connectivity index (χ4v) is 7.10. The number of carbonyl (C=O) groups excluding carboxylic acids is 2. The first-order chi connectivity index (χ1) is 18.5. The fourth-order valence-electron chi connectivity index (χ4n) is 5.98. The molecule has 3 aromatic rings. The number of rotatable bonds is 7. The van der Waals surface area contributed by atoms with Crippen LogP contribution in [0.3, 0.4) is 0 Å². The molecule has 13 heteroatoms. The third-order valence-corrected chi connectivity index (χ3v) is 9.39. The largest absolute Gasteiger partial charge is 0.375 e. The number of nitrogens with zero attached hydrogens (tertiary/aromatic N) is 3. The summed E-state index contributed by atoms with van der Waals surface area (Å²) in [7, 11) is 0. The van der Waals surface area contributed by atoms with E-state index in [1.165, 1.54) is 22.3 Å². The second kappa shape index (κ2) is 11.4. The monoisotopic (exact) mass is 630 g/mol. The minimum absolute atomic E-state index is 0. The van der Waals surface area contributed by atoms with Crippen molar-refractivity contribution < 1.29 is 27.5 Å². The lowest BCUT2D eigenvalue weighted by Crippen LogP contribution is -2.39. The molecule has 2 amide bonds. The summed E-state index contributed by atoms with van der Waals surface area (Å²) >= 11 is 1.35. The van der Waals surface area contributed by atoms with Crippen molar-refractivity contribution in [3.05, 3.63) is 46.1 Å². The van der Waals surface area contributed by atoms with Crippen LogP contribution in [0.25, 0.3) is 21.5 Å².